The van der Waals surface area contributed by atoms with Gasteiger partial charge in [-0.2, -0.15) is 0 Å². The molecule has 1 saturated carbocycles. The van der Waals surface area contributed by atoms with Gasteiger partial charge in [-0.05, 0) is 48.8 Å². The van der Waals surface area contributed by atoms with Gasteiger partial charge in [-0.15, -0.1) is 0 Å². The van der Waals surface area contributed by atoms with Crippen LogP contribution in [0.5, 0.6) is 0 Å². The van der Waals surface area contributed by atoms with Gasteiger partial charge >= 0.3 is 0 Å². The zero-order valence-electron chi connectivity index (χ0n) is 11.9. The van der Waals surface area contributed by atoms with E-state index in [0.717, 1.165) is 17.9 Å². The number of nitrogens with two attached hydrogens (primary N) is 1. The Balaban J connectivity index is 1.82. The van der Waals surface area contributed by atoms with E-state index in [-0.39, 0.29) is 11.9 Å². The summed E-state index contributed by atoms with van der Waals surface area (Å²) in [5.41, 5.74) is 7.36. The minimum Gasteiger partial charge on any atom is -0.327 e. The highest BCUT2D eigenvalue weighted by atomic mass is 19.1. The third-order valence-corrected chi connectivity index (χ3v) is 4.55. The fourth-order valence-electron chi connectivity index (χ4n) is 3.42. The second-order valence-electron chi connectivity index (χ2n) is 6.07. The van der Waals surface area contributed by atoms with Gasteiger partial charge in [0.05, 0.1) is 0 Å². The molecule has 2 N–H and O–H groups in total. The van der Waals surface area contributed by atoms with E-state index in [1.165, 1.54) is 44.6 Å². The zero-order chi connectivity index (χ0) is 13.7. The van der Waals surface area contributed by atoms with Gasteiger partial charge in [-0.1, -0.05) is 44.7 Å². The first kappa shape index (κ1) is 14.5. The molecule has 0 amide bonds. The van der Waals surface area contributed by atoms with E-state index in [1.807, 2.05) is 6.07 Å². The summed E-state index contributed by atoms with van der Waals surface area (Å²) < 4.78 is 13.2. The van der Waals surface area contributed by atoms with Crippen LogP contribution in [0.4, 0.5) is 4.39 Å². The Morgan fingerprint density at radius 2 is 2.00 bits per heavy atom. The minimum absolute atomic E-state index is 0.156. The van der Waals surface area contributed by atoms with Crippen molar-refractivity contribution in [3.05, 3.63) is 35.6 Å². The lowest BCUT2D eigenvalue weighted by atomic mass is 9.76. The van der Waals surface area contributed by atoms with E-state index in [4.69, 9.17) is 5.73 Å². The summed E-state index contributed by atoms with van der Waals surface area (Å²) in [5.74, 6) is 1.38. The third kappa shape index (κ3) is 4.31. The molecule has 19 heavy (non-hydrogen) atoms. The number of hydrogen-bond donors (Lipinski definition) is 1. The summed E-state index contributed by atoms with van der Waals surface area (Å²) in [5, 5.41) is 0. The molecular formula is C17H26FN. The fraction of sp³-hybridized carbons (Fsp3) is 0.647. The maximum Gasteiger partial charge on any atom is 0.123 e. The van der Waals surface area contributed by atoms with E-state index in [9.17, 15) is 4.39 Å². The molecule has 1 atom stereocenters. The van der Waals surface area contributed by atoms with Crippen molar-refractivity contribution >= 4 is 0 Å². The van der Waals surface area contributed by atoms with Gasteiger partial charge in [0, 0.05) is 6.04 Å². The Kier molecular flexibility index (Phi) is 5.38. The number of hydrogen-bond acceptors (Lipinski definition) is 1. The predicted molar refractivity (Wildman–Crippen MR) is 78.4 cm³/mol. The Bertz CT molecular complexity index is 383. The van der Waals surface area contributed by atoms with Gasteiger partial charge in [-0.3, -0.25) is 0 Å². The maximum atomic E-state index is 13.2. The Morgan fingerprint density at radius 1 is 1.26 bits per heavy atom. The highest BCUT2D eigenvalue weighted by Gasteiger charge is 2.25. The molecule has 2 rings (SSSR count). The lowest BCUT2D eigenvalue weighted by Crippen LogP contribution is -2.35. The molecule has 0 bridgehead atoms. The average molecular weight is 263 g/mol. The van der Waals surface area contributed by atoms with Crippen LogP contribution >= 0.6 is 0 Å². The smallest absolute Gasteiger partial charge is 0.123 e. The van der Waals surface area contributed by atoms with Crippen LogP contribution in [0.1, 0.15) is 51.0 Å². The first-order valence-corrected chi connectivity index (χ1v) is 7.69. The first-order valence-electron chi connectivity index (χ1n) is 7.69. The minimum atomic E-state index is -0.156. The lowest BCUT2D eigenvalue weighted by molar-refractivity contribution is 0.232. The van der Waals surface area contributed by atoms with E-state index >= 15 is 0 Å². The van der Waals surface area contributed by atoms with Crippen molar-refractivity contribution in [2.24, 2.45) is 17.6 Å². The Hall–Kier alpha value is -0.890. The average Bonchev–Trinajstić information content (AvgIpc) is 2.40. The summed E-state index contributed by atoms with van der Waals surface area (Å²) in [6, 6.07) is 7.04. The summed E-state index contributed by atoms with van der Waals surface area (Å²) in [6.07, 6.45) is 8.63. The van der Waals surface area contributed by atoms with Crippen molar-refractivity contribution in [1.29, 1.82) is 0 Å². The van der Waals surface area contributed by atoms with Gasteiger partial charge in [0.1, 0.15) is 5.82 Å². The molecule has 1 aliphatic rings. The Morgan fingerprint density at radius 3 is 2.63 bits per heavy atom. The van der Waals surface area contributed by atoms with E-state index in [1.54, 1.807) is 12.1 Å². The van der Waals surface area contributed by atoms with E-state index < -0.39 is 0 Å². The topological polar surface area (TPSA) is 26.0 Å². The van der Waals surface area contributed by atoms with Crippen LogP contribution in [0.3, 0.4) is 0 Å². The van der Waals surface area contributed by atoms with Crippen LogP contribution in [-0.2, 0) is 6.42 Å². The molecule has 106 valence electrons. The molecule has 1 unspecified atom stereocenters. The fourth-order valence-corrected chi connectivity index (χ4v) is 3.42. The molecule has 1 nitrogen and oxygen atoms in total. The van der Waals surface area contributed by atoms with Crippen molar-refractivity contribution in [3.63, 3.8) is 0 Å². The maximum absolute atomic E-state index is 13.2. The lowest BCUT2D eigenvalue weighted by Gasteiger charge is -2.32. The van der Waals surface area contributed by atoms with Gasteiger partial charge < -0.3 is 5.73 Å². The van der Waals surface area contributed by atoms with Crippen molar-refractivity contribution in [3.8, 4) is 0 Å². The molecule has 0 heterocycles. The molecular weight excluding hydrogens is 237 g/mol. The van der Waals surface area contributed by atoms with E-state index in [0.29, 0.717) is 5.92 Å². The zero-order valence-corrected chi connectivity index (χ0v) is 11.9. The van der Waals surface area contributed by atoms with Crippen LogP contribution in [-0.4, -0.2) is 6.04 Å². The highest BCUT2D eigenvalue weighted by Crippen LogP contribution is 2.33. The summed E-state index contributed by atoms with van der Waals surface area (Å²) in [4.78, 5) is 0. The van der Waals surface area contributed by atoms with Crippen LogP contribution < -0.4 is 5.73 Å². The predicted octanol–water partition coefficient (Wildman–Crippen LogP) is 4.30. The molecule has 0 aliphatic heterocycles. The van der Waals surface area contributed by atoms with Crippen molar-refractivity contribution in [2.45, 2.75) is 57.9 Å². The largest absolute Gasteiger partial charge is 0.327 e. The number of halogens is 1. The molecule has 0 spiro atoms. The molecule has 0 radical (unpaired) electrons. The van der Waals surface area contributed by atoms with E-state index in [2.05, 4.69) is 6.92 Å². The Labute approximate surface area is 116 Å². The van der Waals surface area contributed by atoms with Crippen LogP contribution in [0.15, 0.2) is 24.3 Å². The van der Waals surface area contributed by atoms with Gasteiger partial charge in [0.25, 0.3) is 0 Å². The monoisotopic (exact) mass is 263 g/mol. The summed E-state index contributed by atoms with van der Waals surface area (Å²) in [7, 11) is 0. The molecule has 2 heteroatoms. The second kappa shape index (κ2) is 7.04. The number of benzene rings is 1. The van der Waals surface area contributed by atoms with Crippen molar-refractivity contribution in [1.82, 2.24) is 0 Å². The van der Waals surface area contributed by atoms with Crippen molar-refractivity contribution in [2.75, 3.05) is 0 Å². The van der Waals surface area contributed by atoms with Gasteiger partial charge in [-0.25, -0.2) is 4.39 Å². The standard InChI is InChI=1S/C17H26FN/c1-2-4-13-7-9-15(10-8-13)17(19)12-14-5-3-6-16(18)11-14/h3,5-6,11,13,15,17H,2,4,7-10,12,19H2,1H3. The number of rotatable bonds is 5. The highest BCUT2D eigenvalue weighted by molar-refractivity contribution is 5.17. The SMILES string of the molecule is CCCC1CCC(C(N)Cc2cccc(F)c2)CC1. The first-order chi connectivity index (χ1) is 9.19. The van der Waals surface area contributed by atoms with Crippen molar-refractivity contribution < 1.29 is 4.39 Å². The molecule has 1 aliphatic carbocycles. The molecule has 1 fully saturated rings. The molecule has 1 aromatic carbocycles. The van der Waals surface area contributed by atoms with Gasteiger partial charge in [0.15, 0.2) is 0 Å². The third-order valence-electron chi connectivity index (χ3n) is 4.55. The normalized spacial score (nSPS) is 25.2. The van der Waals surface area contributed by atoms with Crippen LogP contribution in [0, 0.1) is 17.7 Å². The second-order valence-corrected chi connectivity index (χ2v) is 6.07. The molecule has 0 saturated heterocycles. The van der Waals surface area contributed by atoms with Gasteiger partial charge in [0.2, 0.25) is 0 Å². The molecule has 0 aromatic heterocycles. The molecule has 1 aromatic rings. The van der Waals surface area contributed by atoms with Crippen LogP contribution in [0.2, 0.25) is 0 Å². The quantitative estimate of drug-likeness (QED) is 0.842. The summed E-state index contributed by atoms with van der Waals surface area (Å²) in [6.45, 7) is 2.27. The summed E-state index contributed by atoms with van der Waals surface area (Å²) >= 11 is 0. The van der Waals surface area contributed by atoms with Crippen LogP contribution in [0.25, 0.3) is 0 Å².